The fraction of sp³-hybridized carbons (Fsp3) is 0.625. The first-order valence-electron chi connectivity index (χ1n) is 7.61. The lowest BCUT2D eigenvalue weighted by Gasteiger charge is -2.47. The van der Waals surface area contributed by atoms with Crippen molar-refractivity contribution >= 4 is 23.2 Å². The van der Waals surface area contributed by atoms with Crippen LogP contribution < -0.4 is 5.32 Å². The highest BCUT2D eigenvalue weighted by Crippen LogP contribution is 2.27. The lowest BCUT2D eigenvalue weighted by atomic mass is 9.86. The third-order valence-corrected chi connectivity index (χ3v) is 5.33. The molecule has 1 aromatic heterocycles. The molecule has 1 aliphatic heterocycles. The lowest BCUT2D eigenvalue weighted by molar-refractivity contribution is -0.157. The van der Waals surface area contributed by atoms with Gasteiger partial charge in [0, 0.05) is 6.04 Å². The number of rotatable bonds is 5. The molecular formula is C16H24N2O2S. The van der Waals surface area contributed by atoms with Gasteiger partial charge in [-0.25, -0.2) is 0 Å². The molecule has 1 fully saturated rings. The average Bonchev–Trinajstić information content (AvgIpc) is 2.96. The van der Waals surface area contributed by atoms with Gasteiger partial charge in [-0.2, -0.15) is 11.3 Å². The van der Waals surface area contributed by atoms with Crippen LogP contribution in [0.4, 0.5) is 0 Å². The van der Waals surface area contributed by atoms with Gasteiger partial charge in [0.25, 0.3) is 0 Å². The summed E-state index contributed by atoms with van der Waals surface area (Å²) in [5.41, 5.74) is 0.490. The van der Waals surface area contributed by atoms with Gasteiger partial charge in [0.05, 0.1) is 0 Å². The van der Waals surface area contributed by atoms with Gasteiger partial charge in [-0.1, -0.05) is 13.8 Å². The lowest BCUT2D eigenvalue weighted by Crippen LogP contribution is -2.71. The Morgan fingerprint density at radius 1 is 1.38 bits per heavy atom. The number of carbonyl (C=O) groups is 2. The van der Waals surface area contributed by atoms with Crippen molar-refractivity contribution in [2.45, 2.75) is 64.6 Å². The number of thiophene rings is 1. The fourth-order valence-corrected chi connectivity index (χ4v) is 3.78. The van der Waals surface area contributed by atoms with Gasteiger partial charge in [-0.05, 0) is 55.5 Å². The molecule has 5 heteroatoms. The highest BCUT2D eigenvalue weighted by Gasteiger charge is 2.48. The molecule has 2 unspecified atom stereocenters. The first-order valence-corrected chi connectivity index (χ1v) is 8.55. The van der Waals surface area contributed by atoms with Crippen LogP contribution in [0.3, 0.4) is 0 Å². The molecule has 116 valence electrons. The van der Waals surface area contributed by atoms with Crippen LogP contribution in [0.25, 0.3) is 0 Å². The van der Waals surface area contributed by atoms with E-state index in [1.165, 1.54) is 5.56 Å². The van der Waals surface area contributed by atoms with E-state index in [1.807, 2.05) is 33.1 Å². The molecule has 2 amide bonds. The van der Waals surface area contributed by atoms with Crippen LogP contribution in [-0.2, 0) is 16.0 Å². The zero-order valence-corrected chi connectivity index (χ0v) is 14.0. The Kier molecular flexibility index (Phi) is 4.71. The first-order chi connectivity index (χ1) is 9.95. The first kappa shape index (κ1) is 16.0. The molecule has 4 nitrogen and oxygen atoms in total. The second-order valence-electron chi connectivity index (χ2n) is 5.85. The topological polar surface area (TPSA) is 49.4 Å². The van der Waals surface area contributed by atoms with E-state index in [0.29, 0.717) is 12.8 Å². The van der Waals surface area contributed by atoms with E-state index in [4.69, 9.17) is 0 Å². The van der Waals surface area contributed by atoms with Crippen molar-refractivity contribution in [1.29, 1.82) is 0 Å². The molecule has 0 saturated carbocycles. The number of piperazine rings is 1. The van der Waals surface area contributed by atoms with Gasteiger partial charge in [0.15, 0.2) is 0 Å². The van der Waals surface area contributed by atoms with E-state index in [0.717, 1.165) is 6.42 Å². The molecule has 0 spiro atoms. The summed E-state index contributed by atoms with van der Waals surface area (Å²) in [6.45, 7) is 7.76. The second kappa shape index (κ2) is 6.18. The van der Waals surface area contributed by atoms with Crippen molar-refractivity contribution in [3.05, 3.63) is 22.4 Å². The van der Waals surface area contributed by atoms with Crippen molar-refractivity contribution < 1.29 is 9.59 Å². The molecule has 1 aliphatic rings. The van der Waals surface area contributed by atoms with Crippen molar-refractivity contribution in [3.63, 3.8) is 0 Å². The van der Waals surface area contributed by atoms with Crippen LogP contribution in [-0.4, -0.2) is 34.3 Å². The van der Waals surface area contributed by atoms with E-state index in [9.17, 15) is 9.59 Å². The number of hydrogen-bond acceptors (Lipinski definition) is 3. The molecule has 0 bridgehead atoms. The third-order valence-electron chi connectivity index (χ3n) is 4.60. The highest BCUT2D eigenvalue weighted by atomic mass is 32.1. The minimum Gasteiger partial charge on any atom is -0.340 e. The maximum Gasteiger partial charge on any atom is 0.249 e. The van der Waals surface area contributed by atoms with Crippen LogP contribution in [0, 0.1) is 0 Å². The van der Waals surface area contributed by atoms with Gasteiger partial charge in [-0.3, -0.25) is 9.59 Å². The standard InChI is InChI=1S/C16H24N2O2S/c1-5-16(6-2)15(20)18(12(4)14(19)17-16)11(3)9-13-7-8-21-10-13/h7-8,10-12H,5-6,9H2,1-4H3,(H,17,19). The zero-order valence-electron chi connectivity index (χ0n) is 13.2. The maximum absolute atomic E-state index is 12.9. The number of amides is 2. The van der Waals surface area contributed by atoms with E-state index < -0.39 is 11.6 Å². The summed E-state index contributed by atoms with van der Waals surface area (Å²) >= 11 is 1.66. The Morgan fingerprint density at radius 3 is 2.57 bits per heavy atom. The molecule has 2 rings (SSSR count). The molecule has 2 atom stereocenters. The number of carbonyl (C=O) groups excluding carboxylic acids is 2. The SMILES string of the molecule is CCC1(CC)NC(=O)C(C)N(C(C)Cc2ccsc2)C1=O. The smallest absolute Gasteiger partial charge is 0.249 e. The van der Waals surface area contributed by atoms with E-state index in [2.05, 4.69) is 16.8 Å². The van der Waals surface area contributed by atoms with Gasteiger partial charge < -0.3 is 10.2 Å². The summed E-state index contributed by atoms with van der Waals surface area (Å²) in [5, 5.41) is 7.08. The minimum atomic E-state index is -0.730. The predicted octanol–water partition coefficient (Wildman–Crippen LogP) is 2.58. The summed E-state index contributed by atoms with van der Waals surface area (Å²) < 4.78 is 0. The Bertz CT molecular complexity index is 508. The van der Waals surface area contributed by atoms with E-state index >= 15 is 0 Å². The fourth-order valence-electron chi connectivity index (χ4n) is 3.10. The Labute approximate surface area is 130 Å². The monoisotopic (exact) mass is 308 g/mol. The maximum atomic E-state index is 12.9. The molecule has 1 saturated heterocycles. The summed E-state index contributed by atoms with van der Waals surface area (Å²) in [4.78, 5) is 27.0. The Hall–Kier alpha value is -1.36. The Balaban J connectivity index is 2.26. The van der Waals surface area contributed by atoms with Crippen molar-refractivity contribution in [1.82, 2.24) is 10.2 Å². The second-order valence-corrected chi connectivity index (χ2v) is 6.63. The number of hydrogen-bond donors (Lipinski definition) is 1. The molecule has 0 aromatic carbocycles. The van der Waals surface area contributed by atoms with Crippen LogP contribution in [0.1, 0.15) is 46.1 Å². The number of nitrogens with zero attached hydrogens (tertiary/aromatic N) is 1. The van der Waals surface area contributed by atoms with Crippen LogP contribution >= 0.6 is 11.3 Å². The summed E-state index contributed by atoms with van der Waals surface area (Å²) in [5.74, 6) is 0.0119. The van der Waals surface area contributed by atoms with Gasteiger partial charge in [0.1, 0.15) is 11.6 Å². The summed E-state index contributed by atoms with van der Waals surface area (Å²) in [6.07, 6.45) is 2.04. The minimum absolute atomic E-state index is 0.0191. The third kappa shape index (κ3) is 2.84. The molecule has 1 aromatic rings. The van der Waals surface area contributed by atoms with Crippen molar-refractivity contribution in [3.8, 4) is 0 Å². The van der Waals surface area contributed by atoms with Crippen LogP contribution in [0.5, 0.6) is 0 Å². The normalized spacial score (nSPS) is 23.0. The summed E-state index contributed by atoms with van der Waals surface area (Å²) in [7, 11) is 0. The average molecular weight is 308 g/mol. The molecule has 0 aliphatic carbocycles. The Morgan fingerprint density at radius 2 is 2.05 bits per heavy atom. The van der Waals surface area contributed by atoms with Crippen LogP contribution in [0.2, 0.25) is 0 Å². The van der Waals surface area contributed by atoms with Crippen molar-refractivity contribution in [2.24, 2.45) is 0 Å². The summed E-state index contributed by atoms with van der Waals surface area (Å²) in [6, 6.07) is 1.69. The van der Waals surface area contributed by atoms with Gasteiger partial charge in [0.2, 0.25) is 11.8 Å². The van der Waals surface area contributed by atoms with Crippen molar-refractivity contribution in [2.75, 3.05) is 0 Å². The molecular weight excluding hydrogens is 284 g/mol. The molecule has 21 heavy (non-hydrogen) atoms. The van der Waals surface area contributed by atoms with Gasteiger partial charge in [-0.15, -0.1) is 0 Å². The zero-order chi connectivity index (χ0) is 15.6. The molecule has 2 heterocycles. The van der Waals surface area contributed by atoms with E-state index in [1.54, 1.807) is 16.2 Å². The molecule has 0 radical (unpaired) electrons. The quantitative estimate of drug-likeness (QED) is 0.909. The predicted molar refractivity (Wildman–Crippen MR) is 85.2 cm³/mol. The highest BCUT2D eigenvalue weighted by molar-refractivity contribution is 7.07. The number of nitrogens with one attached hydrogen (secondary N) is 1. The van der Waals surface area contributed by atoms with Gasteiger partial charge >= 0.3 is 0 Å². The molecule has 1 N–H and O–H groups in total. The largest absolute Gasteiger partial charge is 0.340 e. The van der Waals surface area contributed by atoms with E-state index in [-0.39, 0.29) is 17.9 Å². The van der Waals surface area contributed by atoms with Crippen LogP contribution in [0.15, 0.2) is 16.8 Å².